The average molecular weight is 475 g/mol. The number of carbonyl (C=O) groups is 2. The van der Waals surface area contributed by atoms with Gasteiger partial charge in [-0.1, -0.05) is 36.4 Å². The number of rotatable bonds is 4. The molecule has 3 heterocycles. The van der Waals surface area contributed by atoms with Crippen molar-refractivity contribution in [3.8, 4) is 10.4 Å². The van der Waals surface area contributed by atoms with E-state index in [4.69, 9.17) is 0 Å². The predicted molar refractivity (Wildman–Crippen MR) is 134 cm³/mol. The molecule has 0 saturated carbocycles. The Morgan fingerprint density at radius 3 is 2.38 bits per heavy atom. The molecule has 6 heteroatoms. The van der Waals surface area contributed by atoms with Crippen LogP contribution in [-0.2, 0) is 22.6 Å². The molecule has 1 aromatic heterocycles. The zero-order valence-corrected chi connectivity index (χ0v) is 19.8. The Balaban J connectivity index is 1.13. The smallest absolute Gasteiger partial charge is 0.246 e. The Labute approximate surface area is 203 Å². The number of hydrogen-bond donors (Lipinski definition) is 0. The fraction of sp³-hybridized carbons (Fsp3) is 0.286. The molecule has 0 radical (unpaired) electrons. The fourth-order valence-corrected chi connectivity index (χ4v) is 5.68. The summed E-state index contributed by atoms with van der Waals surface area (Å²) < 4.78 is 13.1. The maximum Gasteiger partial charge on any atom is 0.246 e. The van der Waals surface area contributed by atoms with Crippen LogP contribution in [0.5, 0.6) is 0 Å². The topological polar surface area (TPSA) is 40.6 Å². The van der Waals surface area contributed by atoms with Crippen molar-refractivity contribution in [1.82, 2.24) is 9.80 Å². The van der Waals surface area contributed by atoms with E-state index in [1.165, 1.54) is 23.3 Å². The van der Waals surface area contributed by atoms with Gasteiger partial charge in [-0.15, -0.1) is 11.3 Å². The molecule has 1 fully saturated rings. The standard InChI is InChI=1S/C28H27FN2O2S/c29-24-7-5-21(6-8-24)26-11-9-25(34-26)10-12-27(32)30-16-14-22(15-17-30)28(33)31-18-13-20-3-1-2-4-23(20)19-31/h1-12,22H,13-19H2/b12-10+. The van der Waals surface area contributed by atoms with Crippen LogP contribution in [0.1, 0.15) is 28.8 Å². The van der Waals surface area contributed by atoms with Gasteiger partial charge < -0.3 is 9.80 Å². The van der Waals surface area contributed by atoms with Crippen molar-refractivity contribution in [1.29, 1.82) is 0 Å². The van der Waals surface area contributed by atoms with Crippen LogP contribution in [0, 0.1) is 11.7 Å². The zero-order valence-electron chi connectivity index (χ0n) is 19.0. The van der Waals surface area contributed by atoms with Crippen LogP contribution in [0.4, 0.5) is 4.39 Å². The number of nitrogens with zero attached hydrogens (tertiary/aromatic N) is 2. The zero-order chi connectivity index (χ0) is 23.5. The first kappa shape index (κ1) is 22.5. The molecule has 2 amide bonds. The van der Waals surface area contributed by atoms with E-state index in [-0.39, 0.29) is 23.5 Å². The molecule has 0 atom stereocenters. The maximum absolute atomic E-state index is 13.1. The average Bonchev–Trinajstić information content (AvgIpc) is 3.36. The molecule has 2 aliphatic heterocycles. The van der Waals surface area contributed by atoms with Crippen molar-refractivity contribution in [3.05, 3.63) is 88.6 Å². The number of amides is 2. The summed E-state index contributed by atoms with van der Waals surface area (Å²) in [4.78, 5) is 31.6. The van der Waals surface area contributed by atoms with E-state index in [1.807, 2.05) is 34.1 Å². The summed E-state index contributed by atoms with van der Waals surface area (Å²) in [7, 11) is 0. The van der Waals surface area contributed by atoms with Crippen LogP contribution in [0.2, 0.25) is 0 Å². The quantitative estimate of drug-likeness (QED) is 0.476. The van der Waals surface area contributed by atoms with Crippen LogP contribution in [0.25, 0.3) is 16.5 Å². The first-order valence-electron chi connectivity index (χ1n) is 11.7. The summed E-state index contributed by atoms with van der Waals surface area (Å²) in [6, 6.07) is 18.7. The van der Waals surface area contributed by atoms with Crippen LogP contribution >= 0.6 is 11.3 Å². The summed E-state index contributed by atoms with van der Waals surface area (Å²) in [5.74, 6) is -0.0507. The number of carbonyl (C=O) groups excluding carboxylic acids is 2. The van der Waals surface area contributed by atoms with Crippen LogP contribution < -0.4 is 0 Å². The lowest BCUT2D eigenvalue weighted by Gasteiger charge is -2.35. The third kappa shape index (κ3) is 4.97. The lowest BCUT2D eigenvalue weighted by atomic mass is 9.93. The van der Waals surface area contributed by atoms with E-state index in [1.54, 1.807) is 29.5 Å². The summed E-state index contributed by atoms with van der Waals surface area (Å²) >= 11 is 1.57. The lowest BCUT2D eigenvalue weighted by Crippen LogP contribution is -2.45. The highest BCUT2D eigenvalue weighted by Crippen LogP contribution is 2.29. The highest BCUT2D eigenvalue weighted by molar-refractivity contribution is 7.16. The number of likely N-dealkylation sites (tertiary alicyclic amines) is 1. The number of thiophene rings is 1. The molecule has 1 saturated heterocycles. The highest BCUT2D eigenvalue weighted by Gasteiger charge is 2.31. The summed E-state index contributed by atoms with van der Waals surface area (Å²) in [6.07, 6.45) is 5.79. The van der Waals surface area contributed by atoms with Crippen molar-refractivity contribution >= 4 is 29.2 Å². The van der Waals surface area contributed by atoms with Gasteiger partial charge in [0.15, 0.2) is 0 Å². The molecule has 0 spiro atoms. The number of piperidine rings is 1. The van der Waals surface area contributed by atoms with Gasteiger partial charge in [0.05, 0.1) is 0 Å². The van der Waals surface area contributed by atoms with Crippen molar-refractivity contribution in [2.75, 3.05) is 19.6 Å². The van der Waals surface area contributed by atoms with Crippen LogP contribution in [0.15, 0.2) is 66.7 Å². The summed E-state index contributed by atoms with van der Waals surface area (Å²) in [5, 5.41) is 0. The third-order valence-electron chi connectivity index (χ3n) is 6.74. The molecule has 0 N–H and O–H groups in total. The van der Waals surface area contributed by atoms with Gasteiger partial charge in [-0.3, -0.25) is 9.59 Å². The monoisotopic (exact) mass is 474 g/mol. The molecule has 0 aliphatic carbocycles. The lowest BCUT2D eigenvalue weighted by molar-refractivity contribution is -0.140. The van der Waals surface area contributed by atoms with E-state index in [0.717, 1.165) is 28.3 Å². The second-order valence-electron chi connectivity index (χ2n) is 8.92. The Morgan fingerprint density at radius 1 is 0.882 bits per heavy atom. The Morgan fingerprint density at radius 2 is 1.62 bits per heavy atom. The number of halogens is 1. The first-order chi connectivity index (χ1) is 16.6. The van der Waals surface area contributed by atoms with E-state index in [9.17, 15) is 14.0 Å². The number of fused-ring (bicyclic) bond motifs is 1. The van der Waals surface area contributed by atoms with Crippen LogP contribution in [0.3, 0.4) is 0 Å². The third-order valence-corrected chi connectivity index (χ3v) is 7.84. The molecule has 34 heavy (non-hydrogen) atoms. The minimum Gasteiger partial charge on any atom is -0.339 e. The highest BCUT2D eigenvalue weighted by atomic mass is 32.1. The van der Waals surface area contributed by atoms with Gasteiger partial charge in [0.2, 0.25) is 11.8 Å². The van der Waals surface area contributed by atoms with Crippen molar-refractivity contribution in [2.24, 2.45) is 5.92 Å². The van der Waals surface area contributed by atoms with E-state index in [2.05, 4.69) is 18.2 Å². The Bertz CT molecular complexity index is 1210. The van der Waals surface area contributed by atoms with Gasteiger partial charge in [-0.25, -0.2) is 4.39 Å². The largest absolute Gasteiger partial charge is 0.339 e. The second kappa shape index (κ2) is 9.94. The predicted octanol–water partition coefficient (Wildman–Crippen LogP) is 5.39. The second-order valence-corrected chi connectivity index (χ2v) is 10.0. The van der Waals surface area contributed by atoms with Crippen molar-refractivity contribution in [3.63, 3.8) is 0 Å². The molecule has 4 nitrogen and oxygen atoms in total. The van der Waals surface area contributed by atoms with E-state index >= 15 is 0 Å². The van der Waals surface area contributed by atoms with E-state index in [0.29, 0.717) is 32.5 Å². The minimum atomic E-state index is -0.252. The SMILES string of the molecule is O=C(/C=C/c1ccc(-c2ccc(F)cc2)s1)N1CCC(C(=O)N2CCc3ccccc3C2)CC1. The van der Waals surface area contributed by atoms with Crippen LogP contribution in [-0.4, -0.2) is 41.2 Å². The molecular formula is C28H27FN2O2S. The summed E-state index contributed by atoms with van der Waals surface area (Å²) in [6.45, 7) is 2.68. The maximum atomic E-state index is 13.1. The molecule has 2 aliphatic rings. The normalized spacial score (nSPS) is 16.6. The first-order valence-corrected chi connectivity index (χ1v) is 12.6. The molecule has 0 unspecified atom stereocenters. The molecule has 3 aromatic rings. The molecule has 2 aromatic carbocycles. The summed E-state index contributed by atoms with van der Waals surface area (Å²) in [5.41, 5.74) is 3.55. The minimum absolute atomic E-state index is 0.00569. The number of benzene rings is 2. The Kier molecular flexibility index (Phi) is 6.59. The molecule has 174 valence electrons. The van der Waals surface area contributed by atoms with Gasteiger partial charge in [0, 0.05) is 47.9 Å². The van der Waals surface area contributed by atoms with Gasteiger partial charge in [0.1, 0.15) is 5.82 Å². The van der Waals surface area contributed by atoms with E-state index < -0.39 is 0 Å². The Hall–Kier alpha value is -3.25. The van der Waals surface area contributed by atoms with Crippen molar-refractivity contribution in [2.45, 2.75) is 25.8 Å². The fourth-order valence-electron chi connectivity index (χ4n) is 4.76. The van der Waals surface area contributed by atoms with Crippen molar-refractivity contribution < 1.29 is 14.0 Å². The number of hydrogen-bond acceptors (Lipinski definition) is 3. The van der Waals surface area contributed by atoms with Gasteiger partial charge >= 0.3 is 0 Å². The molecular weight excluding hydrogens is 447 g/mol. The van der Waals surface area contributed by atoms with Gasteiger partial charge in [-0.2, -0.15) is 0 Å². The molecule has 0 bridgehead atoms. The van der Waals surface area contributed by atoms with Gasteiger partial charge in [-0.05, 0) is 66.3 Å². The van der Waals surface area contributed by atoms with Gasteiger partial charge in [0.25, 0.3) is 0 Å². The molecule has 5 rings (SSSR count).